The first-order valence-electron chi connectivity index (χ1n) is 5.34. The van der Waals surface area contributed by atoms with Crippen molar-refractivity contribution in [1.29, 1.82) is 0 Å². The second-order valence-electron chi connectivity index (χ2n) is 4.24. The zero-order valence-corrected chi connectivity index (χ0v) is 9.27. The fraction of sp³-hybridized carbons (Fsp3) is 0.417. The highest BCUT2D eigenvalue weighted by Crippen LogP contribution is 2.11. The summed E-state index contributed by atoms with van der Waals surface area (Å²) in [5.41, 5.74) is 9.11. The van der Waals surface area contributed by atoms with E-state index in [1.807, 2.05) is 11.4 Å². The van der Waals surface area contributed by atoms with Gasteiger partial charge >= 0.3 is 0 Å². The molecule has 2 N–H and O–H groups in total. The molecule has 80 valence electrons. The second kappa shape index (κ2) is 4.03. The smallest absolute Gasteiger partial charge is 0.0664 e. The number of rotatable bonds is 3. The van der Waals surface area contributed by atoms with Crippen LogP contribution in [-0.2, 0) is 6.42 Å². The lowest BCUT2D eigenvalue weighted by Gasteiger charge is -2.08. The highest BCUT2D eigenvalue weighted by atomic mass is 15.2. The first-order valence-corrected chi connectivity index (χ1v) is 5.34. The van der Waals surface area contributed by atoms with Crippen molar-refractivity contribution in [3.8, 4) is 0 Å². The summed E-state index contributed by atoms with van der Waals surface area (Å²) in [6.07, 6.45) is 3.11. The molecule has 3 heteroatoms. The van der Waals surface area contributed by atoms with Crippen molar-refractivity contribution in [2.75, 3.05) is 6.54 Å². The Hall–Kier alpha value is -1.35. The molecule has 1 unspecified atom stereocenters. The maximum Gasteiger partial charge on any atom is 0.0664 e. The van der Waals surface area contributed by atoms with Crippen LogP contribution in [0.3, 0.4) is 0 Å². The van der Waals surface area contributed by atoms with Crippen molar-refractivity contribution in [2.24, 2.45) is 11.7 Å². The molecule has 0 radical (unpaired) electrons. The lowest BCUT2D eigenvalue weighted by Crippen LogP contribution is -2.13. The summed E-state index contributed by atoms with van der Waals surface area (Å²) >= 11 is 0. The molecule has 0 saturated heterocycles. The van der Waals surface area contributed by atoms with E-state index in [1.165, 1.54) is 5.56 Å². The molecule has 0 aliphatic heterocycles. The first-order chi connectivity index (χ1) is 7.19. The third-order valence-corrected chi connectivity index (χ3v) is 2.63. The predicted molar refractivity (Wildman–Crippen MR) is 61.9 cm³/mol. The lowest BCUT2D eigenvalue weighted by atomic mass is 10.0. The molecule has 3 nitrogen and oxygen atoms in total. The molecular formula is C12H17N3. The van der Waals surface area contributed by atoms with E-state index in [0.717, 1.165) is 24.2 Å². The van der Waals surface area contributed by atoms with E-state index < -0.39 is 0 Å². The Morgan fingerprint density at radius 2 is 2.27 bits per heavy atom. The number of hydrogen-bond donors (Lipinski definition) is 1. The Labute approximate surface area is 89.9 Å². The van der Waals surface area contributed by atoms with Gasteiger partial charge in [0.2, 0.25) is 0 Å². The molecule has 1 atom stereocenters. The topological polar surface area (TPSA) is 43.3 Å². The molecule has 0 bridgehead atoms. The number of hydrogen-bond acceptors (Lipinski definition) is 2. The third-order valence-electron chi connectivity index (χ3n) is 2.63. The van der Waals surface area contributed by atoms with Gasteiger partial charge in [-0.05, 0) is 43.5 Å². The first kappa shape index (κ1) is 10.2. The SMILES string of the molecule is Cc1cc2ccc(CC(C)CN)cn2n1. The van der Waals surface area contributed by atoms with Crippen LogP contribution in [0.2, 0.25) is 0 Å². The van der Waals surface area contributed by atoms with Crippen LogP contribution in [-0.4, -0.2) is 16.2 Å². The van der Waals surface area contributed by atoms with Gasteiger partial charge in [-0.1, -0.05) is 13.0 Å². The predicted octanol–water partition coefficient (Wildman–Crippen LogP) is 1.78. The van der Waals surface area contributed by atoms with Crippen molar-refractivity contribution in [3.05, 3.63) is 35.7 Å². The van der Waals surface area contributed by atoms with Gasteiger partial charge in [0.1, 0.15) is 0 Å². The molecule has 0 fully saturated rings. The van der Waals surface area contributed by atoms with Gasteiger partial charge in [-0.2, -0.15) is 5.10 Å². The van der Waals surface area contributed by atoms with E-state index in [1.54, 1.807) is 0 Å². The summed E-state index contributed by atoms with van der Waals surface area (Å²) in [4.78, 5) is 0. The Morgan fingerprint density at radius 1 is 1.47 bits per heavy atom. The third kappa shape index (κ3) is 2.18. The fourth-order valence-electron chi connectivity index (χ4n) is 1.76. The monoisotopic (exact) mass is 203 g/mol. The maximum atomic E-state index is 5.61. The average molecular weight is 203 g/mol. The van der Waals surface area contributed by atoms with E-state index in [2.05, 4.69) is 36.4 Å². The van der Waals surface area contributed by atoms with Gasteiger partial charge in [0.05, 0.1) is 11.2 Å². The van der Waals surface area contributed by atoms with Crippen LogP contribution in [0.1, 0.15) is 18.2 Å². The highest BCUT2D eigenvalue weighted by molar-refractivity contribution is 5.48. The number of fused-ring (bicyclic) bond motifs is 1. The van der Waals surface area contributed by atoms with Gasteiger partial charge in [-0.3, -0.25) is 0 Å². The van der Waals surface area contributed by atoms with Crippen LogP contribution >= 0.6 is 0 Å². The molecule has 15 heavy (non-hydrogen) atoms. The Morgan fingerprint density at radius 3 is 3.00 bits per heavy atom. The van der Waals surface area contributed by atoms with E-state index in [4.69, 9.17) is 5.73 Å². The summed E-state index contributed by atoms with van der Waals surface area (Å²) in [7, 11) is 0. The standard InChI is InChI=1S/C12H17N3/c1-9(7-13)5-11-3-4-12-6-10(2)14-15(12)8-11/h3-4,6,8-9H,5,7,13H2,1-2H3. The number of aryl methyl sites for hydroxylation is 1. The molecule has 2 heterocycles. The summed E-state index contributed by atoms with van der Waals surface area (Å²) in [5.74, 6) is 0.527. The van der Waals surface area contributed by atoms with Crippen LogP contribution in [0.4, 0.5) is 0 Å². The molecular weight excluding hydrogens is 186 g/mol. The zero-order chi connectivity index (χ0) is 10.8. The molecule has 0 aromatic carbocycles. The minimum absolute atomic E-state index is 0.527. The van der Waals surface area contributed by atoms with Crippen molar-refractivity contribution in [2.45, 2.75) is 20.3 Å². The molecule has 2 aromatic rings. The van der Waals surface area contributed by atoms with Crippen molar-refractivity contribution in [3.63, 3.8) is 0 Å². The Bertz CT molecular complexity index is 459. The van der Waals surface area contributed by atoms with Crippen LogP contribution in [0, 0.1) is 12.8 Å². The number of nitrogens with two attached hydrogens (primary N) is 1. The van der Waals surface area contributed by atoms with Crippen LogP contribution in [0.15, 0.2) is 24.4 Å². The average Bonchev–Trinajstić information content (AvgIpc) is 2.57. The number of pyridine rings is 1. The fourth-order valence-corrected chi connectivity index (χ4v) is 1.76. The minimum atomic E-state index is 0.527. The van der Waals surface area contributed by atoms with Gasteiger partial charge in [0.15, 0.2) is 0 Å². The van der Waals surface area contributed by atoms with E-state index in [-0.39, 0.29) is 0 Å². The molecule has 0 saturated carbocycles. The van der Waals surface area contributed by atoms with Crippen LogP contribution < -0.4 is 5.73 Å². The quantitative estimate of drug-likeness (QED) is 0.826. The van der Waals surface area contributed by atoms with Gasteiger partial charge in [0, 0.05) is 6.20 Å². The summed E-state index contributed by atoms with van der Waals surface area (Å²) in [6, 6.07) is 6.34. The van der Waals surface area contributed by atoms with Gasteiger partial charge < -0.3 is 5.73 Å². The van der Waals surface area contributed by atoms with Crippen LogP contribution in [0.25, 0.3) is 5.52 Å². The maximum absolute atomic E-state index is 5.61. The number of nitrogens with zero attached hydrogens (tertiary/aromatic N) is 2. The molecule has 0 aliphatic carbocycles. The molecule has 0 spiro atoms. The lowest BCUT2D eigenvalue weighted by molar-refractivity contribution is 0.591. The number of aromatic nitrogens is 2. The van der Waals surface area contributed by atoms with Crippen LogP contribution in [0.5, 0.6) is 0 Å². The second-order valence-corrected chi connectivity index (χ2v) is 4.24. The Balaban J connectivity index is 2.30. The molecule has 0 amide bonds. The normalized spacial score (nSPS) is 13.3. The molecule has 2 rings (SSSR count). The van der Waals surface area contributed by atoms with Crippen molar-refractivity contribution in [1.82, 2.24) is 9.61 Å². The summed E-state index contributed by atoms with van der Waals surface area (Å²) in [6.45, 7) is 4.91. The minimum Gasteiger partial charge on any atom is -0.330 e. The summed E-state index contributed by atoms with van der Waals surface area (Å²) < 4.78 is 1.94. The largest absolute Gasteiger partial charge is 0.330 e. The molecule has 2 aromatic heterocycles. The van der Waals surface area contributed by atoms with E-state index >= 15 is 0 Å². The zero-order valence-electron chi connectivity index (χ0n) is 9.27. The highest BCUT2D eigenvalue weighted by Gasteiger charge is 2.03. The van der Waals surface area contributed by atoms with Gasteiger partial charge in [-0.15, -0.1) is 0 Å². The van der Waals surface area contributed by atoms with Gasteiger partial charge in [0.25, 0.3) is 0 Å². The summed E-state index contributed by atoms with van der Waals surface area (Å²) in [5, 5.41) is 4.39. The van der Waals surface area contributed by atoms with Crippen molar-refractivity contribution >= 4 is 5.52 Å². The van der Waals surface area contributed by atoms with Crippen molar-refractivity contribution < 1.29 is 0 Å². The van der Waals surface area contributed by atoms with E-state index in [0.29, 0.717) is 5.92 Å². The molecule has 0 aliphatic rings. The van der Waals surface area contributed by atoms with Gasteiger partial charge in [-0.25, -0.2) is 4.52 Å². The van der Waals surface area contributed by atoms with E-state index in [9.17, 15) is 0 Å². The Kier molecular flexibility index (Phi) is 2.73.